The number of carbonyl (C=O) groups is 2. The predicted octanol–water partition coefficient (Wildman–Crippen LogP) is 1.74. The van der Waals surface area contributed by atoms with Gasteiger partial charge in [0.25, 0.3) is 0 Å². The van der Waals surface area contributed by atoms with Crippen molar-refractivity contribution in [2.75, 3.05) is 45.9 Å². The average molecular weight is 378 g/mol. The highest BCUT2D eigenvalue weighted by Gasteiger charge is 2.48. The smallest absolute Gasteiger partial charge is 0.222 e. The molecule has 0 spiro atoms. The fourth-order valence-corrected chi connectivity index (χ4v) is 6.16. The van der Waals surface area contributed by atoms with Crippen LogP contribution in [0.4, 0.5) is 0 Å². The summed E-state index contributed by atoms with van der Waals surface area (Å²) in [7, 11) is 0. The number of nitrogens with zero attached hydrogens (tertiary/aromatic N) is 3. The Balaban J connectivity index is 1.39. The maximum Gasteiger partial charge on any atom is 0.222 e. The Bertz CT molecular complexity index is 547. The van der Waals surface area contributed by atoms with E-state index in [1.54, 1.807) is 6.92 Å². The lowest BCUT2D eigenvalue weighted by molar-refractivity contribution is -0.144. The number of ether oxygens (including phenoxy) is 1. The van der Waals surface area contributed by atoms with Gasteiger partial charge in [-0.1, -0.05) is 0 Å². The van der Waals surface area contributed by atoms with Crippen LogP contribution in [0.25, 0.3) is 0 Å². The molecule has 0 unspecified atom stereocenters. The van der Waals surface area contributed by atoms with Crippen molar-refractivity contribution in [2.24, 2.45) is 11.8 Å². The Morgan fingerprint density at radius 3 is 2.52 bits per heavy atom. The van der Waals surface area contributed by atoms with E-state index in [9.17, 15) is 9.59 Å². The fraction of sp³-hybridized carbons (Fsp3) is 0.905. The molecule has 27 heavy (non-hydrogen) atoms. The van der Waals surface area contributed by atoms with E-state index in [1.807, 2.05) is 4.90 Å². The molecule has 4 aliphatic heterocycles. The minimum absolute atomic E-state index is 0.223. The molecule has 4 aliphatic rings. The highest BCUT2D eigenvalue weighted by atomic mass is 16.5. The molecular weight excluding hydrogens is 342 g/mol. The third kappa shape index (κ3) is 4.02. The van der Waals surface area contributed by atoms with Crippen molar-refractivity contribution < 1.29 is 14.3 Å². The van der Waals surface area contributed by atoms with Gasteiger partial charge >= 0.3 is 0 Å². The zero-order valence-corrected chi connectivity index (χ0v) is 16.8. The van der Waals surface area contributed by atoms with Crippen LogP contribution in [0.1, 0.15) is 51.9 Å². The molecule has 0 aromatic carbocycles. The van der Waals surface area contributed by atoms with Gasteiger partial charge in [0.05, 0.1) is 13.2 Å². The van der Waals surface area contributed by atoms with Gasteiger partial charge < -0.3 is 14.5 Å². The number of carbonyl (C=O) groups excluding carboxylic acids is 2. The topological polar surface area (TPSA) is 53.1 Å². The van der Waals surface area contributed by atoms with E-state index < -0.39 is 0 Å². The second-order valence-corrected chi connectivity index (χ2v) is 8.86. The minimum atomic E-state index is 0.223. The lowest BCUT2D eigenvalue weighted by Gasteiger charge is -2.57. The van der Waals surface area contributed by atoms with Crippen molar-refractivity contribution in [2.45, 2.75) is 64.0 Å². The number of piperidine rings is 3. The largest absolute Gasteiger partial charge is 0.378 e. The molecule has 0 saturated carbocycles. The van der Waals surface area contributed by atoms with Crippen molar-refractivity contribution in [3.8, 4) is 0 Å². The molecule has 4 fully saturated rings. The second-order valence-electron chi connectivity index (χ2n) is 8.86. The molecule has 0 aliphatic carbocycles. The number of hydrogen-bond acceptors (Lipinski definition) is 4. The minimum Gasteiger partial charge on any atom is -0.378 e. The normalized spacial score (nSPS) is 34.3. The highest BCUT2D eigenvalue weighted by Crippen LogP contribution is 2.43. The molecule has 2 amide bonds. The Labute approximate surface area is 163 Å². The SMILES string of the molecule is CC(=O)N1C[C@@H]2CCCN3CCC[C@@H]([C@H]23)[C@H]1CCCC(=O)N1CCOCC1. The van der Waals surface area contributed by atoms with Crippen molar-refractivity contribution in [1.82, 2.24) is 14.7 Å². The summed E-state index contributed by atoms with van der Waals surface area (Å²) in [6.45, 7) is 7.90. The zero-order valence-electron chi connectivity index (χ0n) is 16.8. The Hall–Kier alpha value is -1.14. The first-order valence-electron chi connectivity index (χ1n) is 11.0. The first-order valence-corrected chi connectivity index (χ1v) is 11.0. The van der Waals surface area contributed by atoms with E-state index >= 15 is 0 Å². The Morgan fingerprint density at radius 1 is 1.04 bits per heavy atom. The summed E-state index contributed by atoms with van der Waals surface area (Å²) < 4.78 is 5.34. The fourth-order valence-electron chi connectivity index (χ4n) is 6.16. The maximum absolute atomic E-state index is 12.5. The number of rotatable bonds is 4. The van der Waals surface area contributed by atoms with E-state index in [0.717, 1.165) is 32.5 Å². The van der Waals surface area contributed by atoms with Gasteiger partial charge in [-0.15, -0.1) is 0 Å². The molecule has 4 rings (SSSR count). The van der Waals surface area contributed by atoms with Gasteiger partial charge in [-0.25, -0.2) is 0 Å². The summed E-state index contributed by atoms with van der Waals surface area (Å²) in [5, 5.41) is 0. The first-order chi connectivity index (χ1) is 13.1. The van der Waals surface area contributed by atoms with Gasteiger partial charge in [-0.3, -0.25) is 14.5 Å². The second kappa shape index (κ2) is 8.48. The highest BCUT2D eigenvalue weighted by molar-refractivity contribution is 5.76. The van der Waals surface area contributed by atoms with Crippen LogP contribution in [-0.2, 0) is 14.3 Å². The van der Waals surface area contributed by atoms with Crippen molar-refractivity contribution in [1.29, 1.82) is 0 Å². The third-order valence-corrected chi connectivity index (χ3v) is 7.33. The molecule has 4 saturated heterocycles. The van der Waals surface area contributed by atoms with Crippen LogP contribution < -0.4 is 0 Å². The van der Waals surface area contributed by atoms with Crippen LogP contribution in [0.3, 0.4) is 0 Å². The van der Waals surface area contributed by atoms with Gasteiger partial charge in [0.2, 0.25) is 11.8 Å². The lowest BCUT2D eigenvalue weighted by atomic mass is 9.69. The molecule has 0 radical (unpaired) electrons. The van der Waals surface area contributed by atoms with Crippen LogP contribution in [-0.4, -0.2) is 84.5 Å². The molecule has 0 bridgehead atoms. The van der Waals surface area contributed by atoms with Crippen LogP contribution >= 0.6 is 0 Å². The summed E-state index contributed by atoms with van der Waals surface area (Å²) in [6, 6.07) is 0.991. The molecule has 6 heteroatoms. The van der Waals surface area contributed by atoms with Crippen molar-refractivity contribution in [3.05, 3.63) is 0 Å². The standard InChI is InChI=1S/C21H35N3O3/c1-16(25)24-15-17-5-3-9-23-10-4-6-18(21(17)23)19(24)7-2-8-20(26)22-11-13-27-14-12-22/h17-19,21H,2-15H2,1H3/t17-,18+,19+,21-/m0/s1. The van der Waals surface area contributed by atoms with Crippen molar-refractivity contribution in [3.63, 3.8) is 0 Å². The Morgan fingerprint density at radius 2 is 1.78 bits per heavy atom. The molecule has 0 N–H and O–H groups in total. The number of hydrogen-bond donors (Lipinski definition) is 0. The van der Waals surface area contributed by atoms with E-state index in [4.69, 9.17) is 4.74 Å². The molecule has 6 nitrogen and oxygen atoms in total. The average Bonchev–Trinajstić information content (AvgIpc) is 2.70. The van der Waals surface area contributed by atoms with E-state index in [1.165, 1.54) is 38.8 Å². The number of likely N-dealkylation sites (tertiary alicyclic amines) is 1. The Kier molecular flexibility index (Phi) is 6.02. The summed E-state index contributed by atoms with van der Waals surface area (Å²) in [6.07, 6.45) is 7.50. The van der Waals surface area contributed by atoms with E-state index in [0.29, 0.717) is 43.6 Å². The molecule has 152 valence electrons. The lowest BCUT2D eigenvalue weighted by Crippen LogP contribution is -2.65. The zero-order chi connectivity index (χ0) is 18.8. The predicted molar refractivity (Wildman–Crippen MR) is 103 cm³/mol. The summed E-state index contributed by atoms with van der Waals surface area (Å²) in [4.78, 5) is 31.7. The maximum atomic E-state index is 12.5. The number of amides is 2. The van der Waals surface area contributed by atoms with E-state index in [-0.39, 0.29) is 11.8 Å². The summed E-state index contributed by atoms with van der Waals surface area (Å²) in [5.74, 6) is 1.73. The van der Waals surface area contributed by atoms with E-state index in [2.05, 4.69) is 9.80 Å². The van der Waals surface area contributed by atoms with Gasteiger partial charge in [-0.05, 0) is 63.5 Å². The van der Waals surface area contributed by atoms with Gasteiger partial charge in [0.15, 0.2) is 0 Å². The molecule has 4 heterocycles. The molecule has 0 aromatic rings. The molecule has 0 aromatic heterocycles. The number of morpholine rings is 1. The van der Waals surface area contributed by atoms with Gasteiger partial charge in [0, 0.05) is 45.1 Å². The van der Waals surface area contributed by atoms with Crippen LogP contribution in [0.2, 0.25) is 0 Å². The van der Waals surface area contributed by atoms with Gasteiger partial charge in [0.1, 0.15) is 0 Å². The van der Waals surface area contributed by atoms with Gasteiger partial charge in [-0.2, -0.15) is 0 Å². The monoisotopic (exact) mass is 377 g/mol. The van der Waals surface area contributed by atoms with Crippen molar-refractivity contribution >= 4 is 11.8 Å². The van der Waals surface area contributed by atoms with Crippen LogP contribution in [0.5, 0.6) is 0 Å². The molecular formula is C21H35N3O3. The summed E-state index contributed by atoms with van der Waals surface area (Å²) in [5.41, 5.74) is 0. The first kappa shape index (κ1) is 19.2. The molecule has 4 atom stereocenters. The summed E-state index contributed by atoms with van der Waals surface area (Å²) >= 11 is 0. The van der Waals surface area contributed by atoms with Crippen LogP contribution in [0, 0.1) is 11.8 Å². The quantitative estimate of drug-likeness (QED) is 0.749. The van der Waals surface area contributed by atoms with Crippen LogP contribution in [0.15, 0.2) is 0 Å². The third-order valence-electron chi connectivity index (χ3n) is 7.33.